The monoisotopic (exact) mass is 508 g/mol. The van der Waals surface area contributed by atoms with Crippen LogP contribution >= 0.6 is 0 Å². The molecule has 1 fully saturated rings. The minimum absolute atomic E-state index is 0.0504. The molecule has 2 aromatic carbocycles. The predicted octanol–water partition coefficient (Wildman–Crippen LogP) is 4.18. The van der Waals surface area contributed by atoms with Crippen molar-refractivity contribution in [3.05, 3.63) is 58.7 Å². The molecule has 2 unspecified atom stereocenters. The molecular weight excluding hydrogens is 472 g/mol. The van der Waals surface area contributed by atoms with E-state index in [1.54, 1.807) is 24.3 Å². The van der Waals surface area contributed by atoms with Crippen molar-refractivity contribution >= 4 is 17.4 Å². The van der Waals surface area contributed by atoms with E-state index >= 15 is 0 Å². The lowest BCUT2D eigenvalue weighted by Crippen LogP contribution is -2.35. The normalized spacial score (nSPS) is 20.3. The maximum atomic E-state index is 13.4. The fraction of sp³-hybridized carbons (Fsp3) is 0.448. The average molecular weight is 509 g/mol. The number of hydrogen-bond acceptors (Lipinski definition) is 7. The van der Waals surface area contributed by atoms with Crippen LogP contribution in [0.2, 0.25) is 0 Å². The van der Waals surface area contributed by atoms with Crippen molar-refractivity contribution in [3.8, 4) is 17.2 Å². The van der Waals surface area contributed by atoms with Gasteiger partial charge in [-0.05, 0) is 75.8 Å². The topological polar surface area (TPSA) is 88.5 Å². The van der Waals surface area contributed by atoms with E-state index in [9.17, 15) is 14.7 Å². The summed E-state index contributed by atoms with van der Waals surface area (Å²) in [5.41, 5.74) is 2.19. The second-order valence-corrected chi connectivity index (χ2v) is 9.74. The number of carbonyl (C=O) groups is 2. The molecule has 8 heteroatoms. The van der Waals surface area contributed by atoms with Crippen LogP contribution in [0.5, 0.6) is 17.2 Å². The van der Waals surface area contributed by atoms with E-state index in [1.807, 2.05) is 51.9 Å². The van der Waals surface area contributed by atoms with Crippen LogP contribution in [0.15, 0.2) is 42.0 Å². The Kier molecular flexibility index (Phi) is 8.07. The van der Waals surface area contributed by atoms with Gasteiger partial charge in [0.05, 0.1) is 24.8 Å². The number of hydrogen-bond donors (Lipinski definition) is 1. The molecule has 2 aromatic rings. The first kappa shape index (κ1) is 26.5. The van der Waals surface area contributed by atoms with E-state index < -0.39 is 17.7 Å². The van der Waals surface area contributed by atoms with E-state index in [0.29, 0.717) is 55.4 Å². The van der Waals surface area contributed by atoms with E-state index in [-0.39, 0.29) is 17.4 Å². The van der Waals surface area contributed by atoms with Crippen molar-refractivity contribution in [2.24, 2.45) is 0 Å². The van der Waals surface area contributed by atoms with Gasteiger partial charge in [0, 0.05) is 25.1 Å². The van der Waals surface area contributed by atoms with Gasteiger partial charge in [-0.3, -0.25) is 9.59 Å². The molecule has 2 aliphatic rings. The number of aliphatic hydroxyl groups excluding tert-OH is 1. The summed E-state index contributed by atoms with van der Waals surface area (Å²) in [6, 6.07) is 10.0. The van der Waals surface area contributed by atoms with Crippen LogP contribution in [0.25, 0.3) is 5.76 Å². The summed E-state index contributed by atoms with van der Waals surface area (Å²) in [7, 11) is 3.82. The standard InChI is InChI=1S/C29H36N2O6/c1-6-14-36-23-11-8-19(17-24(23)35-7-2)26-25(28(33)29(34)31(26)13-12-30(4)5)27(32)20-9-10-22-21(16-20)15-18(3)37-22/h8-11,16-18,26,32H,6-7,12-15H2,1-5H3/b27-25+. The minimum atomic E-state index is -0.761. The molecule has 1 amide bonds. The van der Waals surface area contributed by atoms with Gasteiger partial charge in [-0.25, -0.2) is 0 Å². The zero-order valence-electron chi connectivity index (χ0n) is 22.2. The molecule has 1 N–H and O–H groups in total. The highest BCUT2D eigenvalue weighted by atomic mass is 16.5. The fourth-order valence-electron chi connectivity index (χ4n) is 4.78. The van der Waals surface area contributed by atoms with Crippen LogP contribution in [0, 0.1) is 0 Å². The summed E-state index contributed by atoms with van der Waals surface area (Å²) in [5.74, 6) is 0.394. The molecule has 0 bridgehead atoms. The molecule has 2 aliphatic heterocycles. The molecule has 8 nitrogen and oxygen atoms in total. The first-order valence-electron chi connectivity index (χ1n) is 12.9. The van der Waals surface area contributed by atoms with Crippen molar-refractivity contribution in [2.45, 2.75) is 45.8 Å². The molecule has 0 aromatic heterocycles. The molecule has 2 atom stereocenters. The summed E-state index contributed by atoms with van der Waals surface area (Å²) in [4.78, 5) is 30.1. The molecular formula is C29H36N2O6. The van der Waals surface area contributed by atoms with Crippen LogP contribution in [-0.2, 0) is 16.0 Å². The van der Waals surface area contributed by atoms with Gasteiger partial charge in [0.2, 0.25) is 0 Å². The SMILES string of the molecule is CCCOc1ccc(C2/C(=C(\O)c3ccc4c(c3)CC(C)O4)C(=O)C(=O)N2CCN(C)C)cc1OCC. The summed E-state index contributed by atoms with van der Waals surface area (Å²) in [5, 5.41) is 11.4. The lowest BCUT2D eigenvalue weighted by atomic mass is 9.94. The van der Waals surface area contributed by atoms with Crippen molar-refractivity contribution in [1.82, 2.24) is 9.80 Å². The Hall–Kier alpha value is -3.52. The number of ether oxygens (including phenoxy) is 3. The van der Waals surface area contributed by atoms with E-state index in [4.69, 9.17) is 14.2 Å². The number of likely N-dealkylation sites (N-methyl/N-ethyl adjacent to an activating group) is 1. The Morgan fingerprint density at radius 3 is 2.59 bits per heavy atom. The Balaban J connectivity index is 1.82. The molecule has 2 heterocycles. The molecule has 37 heavy (non-hydrogen) atoms. The summed E-state index contributed by atoms with van der Waals surface area (Å²) >= 11 is 0. The molecule has 198 valence electrons. The van der Waals surface area contributed by atoms with Crippen LogP contribution in [0.1, 0.15) is 49.9 Å². The third-order valence-corrected chi connectivity index (χ3v) is 6.54. The van der Waals surface area contributed by atoms with Gasteiger partial charge in [-0.2, -0.15) is 0 Å². The van der Waals surface area contributed by atoms with Gasteiger partial charge >= 0.3 is 0 Å². The second-order valence-electron chi connectivity index (χ2n) is 9.74. The number of benzene rings is 2. The fourth-order valence-corrected chi connectivity index (χ4v) is 4.78. The summed E-state index contributed by atoms with van der Waals surface area (Å²) in [6.07, 6.45) is 1.62. The number of carbonyl (C=O) groups excluding carboxylic acids is 2. The van der Waals surface area contributed by atoms with Gasteiger partial charge in [-0.1, -0.05) is 13.0 Å². The number of rotatable bonds is 10. The van der Waals surface area contributed by atoms with Crippen LogP contribution < -0.4 is 14.2 Å². The predicted molar refractivity (Wildman–Crippen MR) is 141 cm³/mol. The maximum absolute atomic E-state index is 13.4. The Bertz CT molecular complexity index is 1200. The lowest BCUT2D eigenvalue weighted by molar-refractivity contribution is -0.140. The van der Waals surface area contributed by atoms with Crippen molar-refractivity contribution in [1.29, 1.82) is 0 Å². The Morgan fingerprint density at radius 2 is 1.89 bits per heavy atom. The number of aliphatic hydroxyl groups is 1. The quantitative estimate of drug-likeness (QED) is 0.293. The first-order chi connectivity index (χ1) is 17.7. The van der Waals surface area contributed by atoms with E-state index in [1.165, 1.54) is 4.90 Å². The first-order valence-corrected chi connectivity index (χ1v) is 12.9. The van der Waals surface area contributed by atoms with Crippen LogP contribution in [0.3, 0.4) is 0 Å². The van der Waals surface area contributed by atoms with Crippen molar-refractivity contribution in [2.75, 3.05) is 40.4 Å². The van der Waals surface area contributed by atoms with E-state index in [0.717, 1.165) is 17.7 Å². The zero-order valence-corrected chi connectivity index (χ0v) is 22.2. The summed E-state index contributed by atoms with van der Waals surface area (Å²) in [6.45, 7) is 7.76. The average Bonchev–Trinajstić information content (AvgIpc) is 3.36. The Labute approximate surface area is 218 Å². The summed E-state index contributed by atoms with van der Waals surface area (Å²) < 4.78 is 17.5. The number of likely N-dealkylation sites (tertiary alicyclic amines) is 1. The largest absolute Gasteiger partial charge is 0.507 e. The number of amides is 1. The second kappa shape index (κ2) is 11.3. The number of fused-ring (bicyclic) bond motifs is 1. The molecule has 0 spiro atoms. The number of Topliss-reactive ketones (excluding diaryl/α,β-unsaturated/α-hetero) is 1. The molecule has 0 aliphatic carbocycles. The minimum Gasteiger partial charge on any atom is -0.507 e. The van der Waals surface area contributed by atoms with Crippen molar-refractivity contribution in [3.63, 3.8) is 0 Å². The maximum Gasteiger partial charge on any atom is 0.295 e. The molecule has 4 rings (SSSR count). The molecule has 0 radical (unpaired) electrons. The smallest absolute Gasteiger partial charge is 0.295 e. The zero-order chi connectivity index (χ0) is 26.7. The number of nitrogens with zero attached hydrogens (tertiary/aromatic N) is 2. The van der Waals surface area contributed by atoms with Gasteiger partial charge in [0.15, 0.2) is 11.5 Å². The Morgan fingerprint density at radius 1 is 1.11 bits per heavy atom. The third-order valence-electron chi connectivity index (χ3n) is 6.54. The molecule has 1 saturated heterocycles. The molecule has 0 saturated carbocycles. The van der Waals surface area contributed by atoms with Gasteiger partial charge in [0.25, 0.3) is 11.7 Å². The van der Waals surface area contributed by atoms with Gasteiger partial charge in [0.1, 0.15) is 17.6 Å². The number of ketones is 1. The van der Waals surface area contributed by atoms with Crippen LogP contribution in [0.4, 0.5) is 0 Å². The van der Waals surface area contributed by atoms with Gasteiger partial charge < -0.3 is 29.1 Å². The van der Waals surface area contributed by atoms with E-state index in [2.05, 4.69) is 0 Å². The highest BCUT2D eigenvalue weighted by molar-refractivity contribution is 6.46. The highest BCUT2D eigenvalue weighted by Crippen LogP contribution is 2.42. The lowest BCUT2D eigenvalue weighted by Gasteiger charge is -2.27. The highest BCUT2D eigenvalue weighted by Gasteiger charge is 2.46. The third kappa shape index (κ3) is 5.44. The van der Waals surface area contributed by atoms with Crippen molar-refractivity contribution < 1.29 is 28.9 Å². The van der Waals surface area contributed by atoms with Crippen LogP contribution in [-0.4, -0.2) is 73.1 Å². The van der Waals surface area contributed by atoms with Gasteiger partial charge in [-0.15, -0.1) is 0 Å².